The molecule has 0 saturated carbocycles. The number of rotatable bonds is 2. The van der Waals surface area contributed by atoms with Crippen molar-refractivity contribution in [2.75, 3.05) is 6.79 Å². The maximum atomic E-state index is 14.1. The van der Waals surface area contributed by atoms with Gasteiger partial charge in [-0.2, -0.15) is 0 Å². The second kappa shape index (κ2) is 5.24. The van der Waals surface area contributed by atoms with E-state index < -0.39 is 11.9 Å². The summed E-state index contributed by atoms with van der Waals surface area (Å²) in [5.74, 6) is 0.492. The molecule has 3 rings (SSSR count). The normalized spacial score (nSPS) is 14.4. The molecule has 104 valence electrons. The monoisotopic (exact) mass is 358 g/mol. The van der Waals surface area contributed by atoms with E-state index in [9.17, 15) is 9.50 Å². The minimum atomic E-state index is -1.13. The highest BCUT2D eigenvalue weighted by atomic mass is 79.9. The fourth-order valence-electron chi connectivity index (χ4n) is 2.01. The van der Waals surface area contributed by atoms with Crippen molar-refractivity contribution in [1.82, 2.24) is 0 Å². The summed E-state index contributed by atoms with van der Waals surface area (Å²) >= 11 is 8.97. The number of ether oxygens (including phenoxy) is 2. The Morgan fingerprint density at radius 1 is 1.20 bits per heavy atom. The van der Waals surface area contributed by atoms with Gasteiger partial charge in [-0.25, -0.2) is 4.39 Å². The first-order valence-corrected chi connectivity index (χ1v) is 6.96. The topological polar surface area (TPSA) is 38.7 Å². The average molecular weight is 360 g/mol. The number of fused-ring (bicyclic) bond motifs is 1. The van der Waals surface area contributed by atoms with Crippen LogP contribution in [0.5, 0.6) is 11.5 Å². The first-order valence-electron chi connectivity index (χ1n) is 5.79. The van der Waals surface area contributed by atoms with Gasteiger partial charge in [0.25, 0.3) is 0 Å². The van der Waals surface area contributed by atoms with Gasteiger partial charge in [-0.05, 0) is 39.7 Å². The van der Waals surface area contributed by atoms with Crippen LogP contribution in [0.15, 0.2) is 34.8 Å². The summed E-state index contributed by atoms with van der Waals surface area (Å²) < 4.78 is 25.0. The Hall–Kier alpha value is -1.30. The highest BCUT2D eigenvalue weighted by Gasteiger charge is 2.21. The molecule has 3 nitrogen and oxygen atoms in total. The van der Waals surface area contributed by atoms with E-state index in [2.05, 4.69) is 15.9 Å². The number of aliphatic hydroxyl groups excluding tert-OH is 1. The molecule has 0 bridgehead atoms. The lowest BCUT2D eigenvalue weighted by Crippen LogP contribution is -2.03. The van der Waals surface area contributed by atoms with Crippen molar-refractivity contribution in [1.29, 1.82) is 0 Å². The van der Waals surface area contributed by atoms with E-state index in [1.165, 1.54) is 6.07 Å². The average Bonchev–Trinajstić information content (AvgIpc) is 2.91. The molecule has 6 heteroatoms. The lowest BCUT2D eigenvalue weighted by molar-refractivity contribution is 0.173. The molecule has 0 aliphatic carbocycles. The summed E-state index contributed by atoms with van der Waals surface area (Å²) in [7, 11) is 0. The third-order valence-electron chi connectivity index (χ3n) is 3.07. The van der Waals surface area contributed by atoms with Crippen molar-refractivity contribution in [2.24, 2.45) is 0 Å². The lowest BCUT2D eigenvalue weighted by Gasteiger charge is -2.14. The number of halogens is 3. The molecule has 20 heavy (non-hydrogen) atoms. The van der Waals surface area contributed by atoms with Crippen LogP contribution in [-0.2, 0) is 0 Å². The van der Waals surface area contributed by atoms with Gasteiger partial charge in [0, 0.05) is 10.0 Å². The van der Waals surface area contributed by atoms with Gasteiger partial charge in [-0.15, -0.1) is 0 Å². The van der Waals surface area contributed by atoms with E-state index in [1.54, 1.807) is 24.3 Å². The predicted molar refractivity (Wildman–Crippen MR) is 75.7 cm³/mol. The summed E-state index contributed by atoms with van der Waals surface area (Å²) in [4.78, 5) is 0. The van der Waals surface area contributed by atoms with Gasteiger partial charge in [0.2, 0.25) is 6.79 Å². The molecule has 1 aliphatic rings. The van der Waals surface area contributed by atoms with Crippen LogP contribution in [-0.4, -0.2) is 11.9 Å². The molecular formula is C14H9BrClFO3. The highest BCUT2D eigenvalue weighted by Crippen LogP contribution is 2.37. The van der Waals surface area contributed by atoms with Crippen LogP contribution in [0.4, 0.5) is 4.39 Å². The van der Waals surface area contributed by atoms with E-state index in [0.717, 1.165) is 0 Å². The maximum absolute atomic E-state index is 14.1. The molecule has 1 heterocycles. The second-order valence-electron chi connectivity index (χ2n) is 4.28. The Balaban J connectivity index is 2.00. The van der Waals surface area contributed by atoms with Gasteiger partial charge in [-0.1, -0.05) is 23.7 Å². The Kier molecular flexibility index (Phi) is 3.58. The van der Waals surface area contributed by atoms with Gasteiger partial charge in [0.05, 0.1) is 5.02 Å². The van der Waals surface area contributed by atoms with Crippen molar-refractivity contribution in [3.8, 4) is 11.5 Å². The van der Waals surface area contributed by atoms with E-state index in [-0.39, 0.29) is 17.4 Å². The van der Waals surface area contributed by atoms with E-state index in [0.29, 0.717) is 21.5 Å². The molecule has 0 saturated heterocycles. The van der Waals surface area contributed by atoms with Crippen molar-refractivity contribution < 1.29 is 19.0 Å². The van der Waals surface area contributed by atoms with Gasteiger partial charge in [0.1, 0.15) is 11.9 Å². The zero-order chi connectivity index (χ0) is 14.3. The standard InChI is InChI=1S/C14H9BrClFO3/c15-9-3-2-8(13(17)12(9)16)14(18)7-1-4-10-11(5-7)20-6-19-10/h1-5,14,18H,6H2. The zero-order valence-electron chi connectivity index (χ0n) is 10.1. The molecule has 1 N–H and O–H groups in total. The minimum absolute atomic E-state index is 0.0534. The largest absolute Gasteiger partial charge is 0.454 e. The fourth-order valence-corrected chi connectivity index (χ4v) is 2.49. The van der Waals surface area contributed by atoms with Crippen LogP contribution in [0, 0.1) is 5.82 Å². The third-order valence-corrected chi connectivity index (χ3v) is 4.33. The molecule has 2 aromatic carbocycles. The summed E-state index contributed by atoms with van der Waals surface area (Å²) in [5.41, 5.74) is 0.614. The molecule has 0 aromatic heterocycles. The molecule has 1 atom stereocenters. The molecule has 1 unspecified atom stereocenters. The first kappa shape index (κ1) is 13.7. The van der Waals surface area contributed by atoms with Crippen LogP contribution >= 0.6 is 27.5 Å². The Morgan fingerprint density at radius 2 is 1.95 bits per heavy atom. The van der Waals surface area contributed by atoms with E-state index >= 15 is 0 Å². The van der Waals surface area contributed by atoms with Crippen LogP contribution in [0.25, 0.3) is 0 Å². The highest BCUT2D eigenvalue weighted by molar-refractivity contribution is 9.10. The smallest absolute Gasteiger partial charge is 0.231 e. The van der Waals surface area contributed by atoms with Crippen LogP contribution < -0.4 is 9.47 Å². The summed E-state index contributed by atoms with van der Waals surface area (Å²) in [6.45, 7) is 0.146. The van der Waals surface area contributed by atoms with Crippen molar-refractivity contribution in [3.05, 3.63) is 56.8 Å². The fraction of sp³-hybridized carbons (Fsp3) is 0.143. The van der Waals surface area contributed by atoms with Crippen LogP contribution in [0.3, 0.4) is 0 Å². The first-order chi connectivity index (χ1) is 9.58. The number of aliphatic hydroxyl groups is 1. The summed E-state index contributed by atoms with van der Waals surface area (Å²) in [5, 5.41) is 10.3. The Bertz CT molecular complexity index is 678. The van der Waals surface area contributed by atoms with Crippen LogP contribution in [0.2, 0.25) is 5.02 Å². The molecule has 0 radical (unpaired) electrons. The number of benzene rings is 2. The zero-order valence-corrected chi connectivity index (χ0v) is 12.4. The molecule has 0 fully saturated rings. The molecule has 0 amide bonds. The summed E-state index contributed by atoms with van der Waals surface area (Å²) in [6.07, 6.45) is -1.13. The van der Waals surface area contributed by atoms with E-state index in [1.807, 2.05) is 0 Å². The SMILES string of the molecule is OC(c1ccc2c(c1)OCO2)c1ccc(Br)c(Cl)c1F. The van der Waals surface area contributed by atoms with Crippen LogP contribution in [0.1, 0.15) is 17.2 Å². The predicted octanol–water partition coefficient (Wildman–Crippen LogP) is 4.05. The third kappa shape index (κ3) is 2.26. The summed E-state index contributed by atoms with van der Waals surface area (Å²) in [6, 6.07) is 8.05. The Morgan fingerprint density at radius 3 is 2.75 bits per heavy atom. The molecule has 1 aliphatic heterocycles. The van der Waals surface area contributed by atoms with Gasteiger partial charge in [0.15, 0.2) is 11.5 Å². The Labute approximate surface area is 128 Å². The van der Waals surface area contributed by atoms with Crippen molar-refractivity contribution >= 4 is 27.5 Å². The molecular weight excluding hydrogens is 351 g/mol. The lowest BCUT2D eigenvalue weighted by atomic mass is 10.0. The van der Waals surface area contributed by atoms with Gasteiger partial charge < -0.3 is 14.6 Å². The van der Waals surface area contributed by atoms with Gasteiger partial charge >= 0.3 is 0 Å². The maximum Gasteiger partial charge on any atom is 0.231 e. The van der Waals surface area contributed by atoms with E-state index in [4.69, 9.17) is 21.1 Å². The number of hydrogen-bond acceptors (Lipinski definition) is 3. The quantitative estimate of drug-likeness (QED) is 0.822. The second-order valence-corrected chi connectivity index (χ2v) is 5.51. The molecule has 2 aromatic rings. The van der Waals surface area contributed by atoms with Crippen molar-refractivity contribution in [2.45, 2.75) is 6.10 Å². The molecule has 0 spiro atoms. The van der Waals surface area contributed by atoms with Gasteiger partial charge in [-0.3, -0.25) is 0 Å². The van der Waals surface area contributed by atoms with Crippen molar-refractivity contribution in [3.63, 3.8) is 0 Å². The minimum Gasteiger partial charge on any atom is -0.454 e. The number of hydrogen-bond donors (Lipinski definition) is 1.